The first-order valence-electron chi connectivity index (χ1n) is 8.16. The van der Waals surface area contributed by atoms with E-state index in [0.29, 0.717) is 5.69 Å². The third-order valence-electron chi connectivity index (χ3n) is 4.21. The number of hydrogen-bond acceptors (Lipinski definition) is 4. The number of para-hydroxylation sites is 1. The summed E-state index contributed by atoms with van der Waals surface area (Å²) < 4.78 is 28.0. The summed E-state index contributed by atoms with van der Waals surface area (Å²) in [5.74, 6) is -0.995. The van der Waals surface area contributed by atoms with Gasteiger partial charge in [-0.15, -0.1) is 6.58 Å². The minimum absolute atomic E-state index is 0.0472. The molecule has 0 spiro atoms. The van der Waals surface area contributed by atoms with Crippen LogP contribution in [0.3, 0.4) is 0 Å². The SMILES string of the molecule is C=CCN(C1CC(=O)N(c2ccccc2)C1=O)S(=O)(=O)c1ccc(Br)cc1. The van der Waals surface area contributed by atoms with E-state index in [1.54, 1.807) is 42.5 Å². The van der Waals surface area contributed by atoms with Gasteiger partial charge in [0.25, 0.3) is 5.91 Å². The van der Waals surface area contributed by atoms with Crippen LogP contribution in [0.25, 0.3) is 0 Å². The summed E-state index contributed by atoms with van der Waals surface area (Å²) >= 11 is 3.27. The monoisotopic (exact) mass is 448 g/mol. The number of sulfonamides is 1. The highest BCUT2D eigenvalue weighted by molar-refractivity contribution is 9.10. The molecule has 1 aliphatic heterocycles. The first-order chi connectivity index (χ1) is 12.9. The van der Waals surface area contributed by atoms with E-state index in [1.165, 1.54) is 18.2 Å². The number of carbonyl (C=O) groups is 2. The molecular weight excluding hydrogens is 432 g/mol. The second kappa shape index (κ2) is 7.75. The minimum Gasteiger partial charge on any atom is -0.274 e. The fourth-order valence-electron chi connectivity index (χ4n) is 2.95. The Kier molecular flexibility index (Phi) is 5.59. The Morgan fingerprint density at radius 1 is 1.11 bits per heavy atom. The molecule has 0 radical (unpaired) electrons. The van der Waals surface area contributed by atoms with Crippen molar-refractivity contribution in [3.05, 3.63) is 71.7 Å². The molecule has 0 saturated carbocycles. The highest BCUT2D eigenvalue weighted by Gasteiger charge is 2.46. The Labute approximate surface area is 166 Å². The van der Waals surface area contributed by atoms with Crippen LogP contribution in [0, 0.1) is 0 Å². The van der Waals surface area contributed by atoms with Gasteiger partial charge in [0.15, 0.2) is 0 Å². The predicted octanol–water partition coefficient (Wildman–Crippen LogP) is 2.96. The van der Waals surface area contributed by atoms with Gasteiger partial charge in [0.05, 0.1) is 17.0 Å². The molecule has 1 heterocycles. The summed E-state index contributed by atoms with van der Waals surface area (Å²) in [5.41, 5.74) is 0.426. The van der Waals surface area contributed by atoms with E-state index >= 15 is 0 Å². The third kappa shape index (κ3) is 3.73. The summed E-state index contributed by atoms with van der Waals surface area (Å²) in [6, 6.07) is 13.5. The number of carbonyl (C=O) groups excluding carboxylic acids is 2. The Morgan fingerprint density at radius 3 is 2.33 bits per heavy atom. The van der Waals surface area contributed by atoms with Crippen LogP contribution in [0.1, 0.15) is 6.42 Å². The van der Waals surface area contributed by atoms with Crippen molar-refractivity contribution in [3.63, 3.8) is 0 Å². The molecule has 1 saturated heterocycles. The van der Waals surface area contributed by atoms with Crippen LogP contribution in [-0.2, 0) is 19.6 Å². The fourth-order valence-corrected chi connectivity index (χ4v) is 4.77. The zero-order chi connectivity index (χ0) is 19.6. The van der Waals surface area contributed by atoms with Crippen LogP contribution in [0.4, 0.5) is 5.69 Å². The Balaban J connectivity index is 1.98. The number of rotatable bonds is 6. The number of benzene rings is 2. The van der Waals surface area contributed by atoms with Crippen LogP contribution in [0.5, 0.6) is 0 Å². The van der Waals surface area contributed by atoms with Crippen molar-refractivity contribution in [2.24, 2.45) is 0 Å². The summed E-state index contributed by atoms with van der Waals surface area (Å²) in [6.07, 6.45) is 1.19. The first kappa shape index (κ1) is 19.5. The summed E-state index contributed by atoms with van der Waals surface area (Å²) in [7, 11) is -3.98. The average molecular weight is 449 g/mol. The van der Waals surface area contributed by atoms with Crippen LogP contribution >= 0.6 is 15.9 Å². The van der Waals surface area contributed by atoms with Crippen molar-refractivity contribution in [3.8, 4) is 0 Å². The van der Waals surface area contributed by atoms with Gasteiger partial charge >= 0.3 is 0 Å². The lowest BCUT2D eigenvalue weighted by Crippen LogP contribution is -2.45. The van der Waals surface area contributed by atoms with Gasteiger partial charge in [-0.2, -0.15) is 4.31 Å². The number of nitrogens with zero attached hydrogens (tertiary/aromatic N) is 2. The second-order valence-corrected chi connectivity index (χ2v) is 8.75. The molecular formula is C19H17BrN2O4S. The molecule has 8 heteroatoms. The maximum atomic E-state index is 13.1. The van der Waals surface area contributed by atoms with Gasteiger partial charge in [-0.25, -0.2) is 13.3 Å². The summed E-state index contributed by atoms with van der Waals surface area (Å²) in [4.78, 5) is 26.5. The van der Waals surface area contributed by atoms with Gasteiger partial charge in [0, 0.05) is 11.0 Å². The molecule has 2 aromatic carbocycles. The molecule has 1 aliphatic rings. The predicted molar refractivity (Wildman–Crippen MR) is 106 cm³/mol. The van der Waals surface area contributed by atoms with E-state index in [1.807, 2.05) is 0 Å². The van der Waals surface area contributed by atoms with Crippen molar-refractivity contribution in [1.29, 1.82) is 0 Å². The average Bonchev–Trinajstić information content (AvgIpc) is 2.94. The zero-order valence-electron chi connectivity index (χ0n) is 14.3. The van der Waals surface area contributed by atoms with Gasteiger partial charge in [0.1, 0.15) is 6.04 Å². The molecule has 0 bridgehead atoms. The molecule has 0 aliphatic carbocycles. The van der Waals surface area contributed by atoms with Crippen LogP contribution in [-0.4, -0.2) is 37.1 Å². The summed E-state index contributed by atoms with van der Waals surface area (Å²) in [6.45, 7) is 3.51. The molecule has 140 valence electrons. The quantitative estimate of drug-likeness (QED) is 0.502. The Bertz CT molecular complexity index is 975. The Morgan fingerprint density at radius 2 is 1.74 bits per heavy atom. The molecule has 2 amide bonds. The molecule has 0 N–H and O–H groups in total. The van der Waals surface area contributed by atoms with Gasteiger partial charge < -0.3 is 0 Å². The number of halogens is 1. The van der Waals surface area contributed by atoms with E-state index in [2.05, 4.69) is 22.5 Å². The molecule has 3 rings (SSSR count). The van der Waals surface area contributed by atoms with Crippen LogP contribution in [0.15, 0.2) is 76.6 Å². The number of hydrogen-bond donors (Lipinski definition) is 0. The van der Waals surface area contributed by atoms with Crippen molar-refractivity contribution < 1.29 is 18.0 Å². The van der Waals surface area contributed by atoms with Gasteiger partial charge in [-0.05, 0) is 36.4 Å². The van der Waals surface area contributed by atoms with Crippen molar-refractivity contribution in [2.45, 2.75) is 17.4 Å². The van der Waals surface area contributed by atoms with Crippen LogP contribution in [0.2, 0.25) is 0 Å². The minimum atomic E-state index is -3.98. The van der Waals surface area contributed by atoms with Crippen molar-refractivity contribution >= 4 is 43.5 Å². The van der Waals surface area contributed by atoms with E-state index in [9.17, 15) is 18.0 Å². The molecule has 1 unspecified atom stereocenters. The van der Waals surface area contributed by atoms with Gasteiger partial charge in [0.2, 0.25) is 15.9 Å². The number of amides is 2. The fraction of sp³-hybridized carbons (Fsp3) is 0.158. The smallest absolute Gasteiger partial charge is 0.252 e. The maximum Gasteiger partial charge on any atom is 0.252 e. The normalized spacial score (nSPS) is 17.6. The molecule has 1 atom stereocenters. The molecule has 6 nitrogen and oxygen atoms in total. The number of imide groups is 1. The Hall–Kier alpha value is -2.29. The first-order valence-corrected chi connectivity index (χ1v) is 10.4. The van der Waals surface area contributed by atoms with E-state index in [-0.39, 0.29) is 17.9 Å². The third-order valence-corrected chi connectivity index (χ3v) is 6.63. The van der Waals surface area contributed by atoms with E-state index < -0.39 is 27.9 Å². The topological polar surface area (TPSA) is 74.8 Å². The lowest BCUT2D eigenvalue weighted by molar-refractivity contribution is -0.122. The lowest BCUT2D eigenvalue weighted by atomic mass is 10.2. The van der Waals surface area contributed by atoms with Crippen LogP contribution < -0.4 is 4.90 Å². The molecule has 2 aromatic rings. The summed E-state index contributed by atoms with van der Waals surface area (Å²) in [5, 5.41) is 0. The second-order valence-electron chi connectivity index (χ2n) is 5.94. The molecule has 0 aromatic heterocycles. The van der Waals surface area contributed by atoms with E-state index in [0.717, 1.165) is 13.7 Å². The number of anilines is 1. The zero-order valence-corrected chi connectivity index (χ0v) is 16.7. The van der Waals surface area contributed by atoms with Gasteiger partial charge in [-0.3, -0.25) is 9.59 Å². The standard InChI is InChI=1S/C19H17BrN2O4S/c1-2-12-21(27(25,26)16-10-8-14(20)9-11-16)17-13-18(23)22(19(17)24)15-6-4-3-5-7-15/h2-11,17H,1,12-13H2. The highest BCUT2D eigenvalue weighted by Crippen LogP contribution is 2.29. The molecule has 1 fully saturated rings. The van der Waals surface area contributed by atoms with Crippen molar-refractivity contribution in [2.75, 3.05) is 11.4 Å². The molecule has 27 heavy (non-hydrogen) atoms. The van der Waals surface area contributed by atoms with Crippen molar-refractivity contribution in [1.82, 2.24) is 4.31 Å². The highest BCUT2D eigenvalue weighted by atomic mass is 79.9. The van der Waals surface area contributed by atoms with Gasteiger partial charge in [-0.1, -0.05) is 40.2 Å². The maximum absolute atomic E-state index is 13.1. The largest absolute Gasteiger partial charge is 0.274 e. The lowest BCUT2D eigenvalue weighted by Gasteiger charge is -2.25. The van der Waals surface area contributed by atoms with E-state index in [4.69, 9.17) is 0 Å².